The lowest BCUT2D eigenvalue weighted by Gasteiger charge is -2.19. The third-order valence-electron chi connectivity index (χ3n) is 4.48. The molecule has 11 heteroatoms. The number of hydrogen-bond acceptors (Lipinski definition) is 5. The zero-order chi connectivity index (χ0) is 23.5. The van der Waals surface area contributed by atoms with Crippen LogP contribution in [0.15, 0.2) is 59.4 Å². The van der Waals surface area contributed by atoms with Crippen molar-refractivity contribution in [3.8, 4) is 22.7 Å². The van der Waals surface area contributed by atoms with Gasteiger partial charge in [0.05, 0.1) is 25.1 Å². The molecule has 0 radical (unpaired) electrons. The molecule has 1 heterocycles. The summed E-state index contributed by atoms with van der Waals surface area (Å²) < 4.78 is 58.4. The van der Waals surface area contributed by atoms with Crippen LogP contribution in [-0.4, -0.2) is 46.7 Å². The van der Waals surface area contributed by atoms with Crippen molar-refractivity contribution in [3.05, 3.63) is 76.3 Å². The first-order valence-electron chi connectivity index (χ1n) is 9.17. The summed E-state index contributed by atoms with van der Waals surface area (Å²) in [5, 5.41) is 14.7. The Labute approximate surface area is 178 Å². The molecule has 0 spiro atoms. The van der Waals surface area contributed by atoms with Crippen LogP contribution in [0.4, 0.5) is 17.6 Å². The lowest BCUT2D eigenvalue weighted by molar-refractivity contribution is -0.161. The first kappa shape index (κ1) is 22.9. The van der Waals surface area contributed by atoms with Crippen LogP contribution in [0.5, 0.6) is 5.75 Å². The van der Waals surface area contributed by atoms with Gasteiger partial charge in [0, 0.05) is 5.56 Å². The summed E-state index contributed by atoms with van der Waals surface area (Å²) in [5.74, 6) is -1.54. The number of rotatable bonds is 6. The maximum atomic E-state index is 13.7. The number of carbonyl (C=O) groups excluding carboxylic acids is 1. The fourth-order valence-corrected chi connectivity index (χ4v) is 2.81. The molecule has 3 rings (SSSR count). The van der Waals surface area contributed by atoms with Crippen molar-refractivity contribution in [1.29, 1.82) is 0 Å². The highest BCUT2D eigenvalue weighted by molar-refractivity contribution is 5.95. The molecule has 32 heavy (non-hydrogen) atoms. The van der Waals surface area contributed by atoms with E-state index in [0.29, 0.717) is 11.3 Å². The number of alkyl halides is 3. The molecule has 0 unspecified atom stereocenters. The number of aliphatic hydroxyl groups is 1. The normalized spacial score (nSPS) is 12.3. The predicted molar refractivity (Wildman–Crippen MR) is 106 cm³/mol. The molecule has 3 aromatic rings. The molecule has 7 nitrogen and oxygen atoms in total. The second kappa shape index (κ2) is 9.18. The standard InChI is InChI=1S/C21H17F4N3O4/c1-32-15-7-5-12(6-8-15)17-10-16(19(30)26-18(11-29)21(23,24)25)20(31)28(27-17)14-4-2-3-13(22)9-14/h2-10,18,29H,11H2,1H3,(H,26,30)/t18-/m0/s1. The SMILES string of the molecule is COc1ccc(-c2cc(C(=O)N[C@@H](CO)C(F)(F)F)c(=O)n(-c3cccc(F)c3)n2)cc1. The van der Waals surface area contributed by atoms with Crippen LogP contribution in [0.2, 0.25) is 0 Å². The largest absolute Gasteiger partial charge is 0.497 e. The van der Waals surface area contributed by atoms with Crippen molar-refractivity contribution in [3.63, 3.8) is 0 Å². The van der Waals surface area contributed by atoms with Crippen molar-refractivity contribution in [2.75, 3.05) is 13.7 Å². The van der Waals surface area contributed by atoms with Gasteiger partial charge in [-0.1, -0.05) is 6.07 Å². The first-order valence-corrected chi connectivity index (χ1v) is 9.17. The summed E-state index contributed by atoms with van der Waals surface area (Å²) in [7, 11) is 1.46. The maximum Gasteiger partial charge on any atom is 0.410 e. The average Bonchev–Trinajstić information content (AvgIpc) is 2.76. The highest BCUT2D eigenvalue weighted by Gasteiger charge is 2.40. The van der Waals surface area contributed by atoms with Crippen molar-refractivity contribution in [2.24, 2.45) is 0 Å². The molecular weight excluding hydrogens is 434 g/mol. The quantitative estimate of drug-likeness (QED) is 0.563. The van der Waals surface area contributed by atoms with E-state index in [4.69, 9.17) is 9.84 Å². The summed E-state index contributed by atoms with van der Waals surface area (Å²) in [6.07, 6.45) is -4.93. The van der Waals surface area contributed by atoms with Gasteiger partial charge in [0.15, 0.2) is 0 Å². The molecule has 0 aliphatic carbocycles. The van der Waals surface area contributed by atoms with E-state index in [0.717, 1.165) is 22.9 Å². The van der Waals surface area contributed by atoms with Crippen LogP contribution in [0, 0.1) is 5.82 Å². The molecule has 0 aliphatic heterocycles. The van der Waals surface area contributed by atoms with Crippen LogP contribution in [0.25, 0.3) is 16.9 Å². The van der Waals surface area contributed by atoms with Crippen molar-refractivity contribution in [1.82, 2.24) is 15.1 Å². The summed E-state index contributed by atoms with van der Waals surface area (Å²) >= 11 is 0. The third kappa shape index (κ3) is 4.94. The van der Waals surface area contributed by atoms with E-state index in [2.05, 4.69) is 5.10 Å². The minimum absolute atomic E-state index is 0.0334. The summed E-state index contributed by atoms with van der Waals surface area (Å²) in [6.45, 7) is -1.41. The number of aliphatic hydroxyl groups excluding tert-OH is 1. The summed E-state index contributed by atoms with van der Waals surface area (Å²) in [6, 6.07) is 9.53. The first-order chi connectivity index (χ1) is 15.1. The van der Waals surface area contributed by atoms with E-state index in [9.17, 15) is 27.2 Å². The summed E-state index contributed by atoms with van der Waals surface area (Å²) in [5.41, 5.74) is -1.29. The topological polar surface area (TPSA) is 93.5 Å². The van der Waals surface area contributed by atoms with E-state index in [1.54, 1.807) is 29.6 Å². The molecular formula is C21H17F4N3O4. The van der Waals surface area contributed by atoms with E-state index < -0.39 is 41.7 Å². The van der Waals surface area contributed by atoms with E-state index >= 15 is 0 Å². The Morgan fingerprint density at radius 2 is 1.88 bits per heavy atom. The molecule has 1 aromatic heterocycles. The predicted octanol–water partition coefficient (Wildman–Crippen LogP) is 2.70. The van der Waals surface area contributed by atoms with Crippen LogP contribution >= 0.6 is 0 Å². The monoisotopic (exact) mass is 451 g/mol. The van der Waals surface area contributed by atoms with Gasteiger partial charge in [0.25, 0.3) is 11.5 Å². The maximum absolute atomic E-state index is 13.7. The number of hydrogen-bond donors (Lipinski definition) is 2. The van der Waals surface area contributed by atoms with Gasteiger partial charge in [-0.15, -0.1) is 0 Å². The highest BCUT2D eigenvalue weighted by Crippen LogP contribution is 2.23. The molecule has 0 aliphatic rings. The van der Waals surface area contributed by atoms with Crippen molar-refractivity contribution < 1.29 is 32.2 Å². The van der Waals surface area contributed by atoms with Crippen LogP contribution in [0.3, 0.4) is 0 Å². The Balaban J connectivity index is 2.16. The zero-order valence-corrected chi connectivity index (χ0v) is 16.6. The van der Waals surface area contributed by atoms with Crippen LogP contribution < -0.4 is 15.6 Å². The van der Waals surface area contributed by atoms with E-state index in [1.807, 2.05) is 0 Å². The second-order valence-corrected chi connectivity index (χ2v) is 6.62. The van der Waals surface area contributed by atoms with E-state index in [1.165, 1.54) is 19.2 Å². The smallest absolute Gasteiger partial charge is 0.410 e. The molecule has 0 saturated carbocycles. The Hall–Kier alpha value is -3.73. The van der Waals surface area contributed by atoms with Gasteiger partial charge >= 0.3 is 6.18 Å². The molecule has 168 valence electrons. The van der Waals surface area contributed by atoms with Gasteiger partial charge in [-0.2, -0.15) is 23.0 Å². The fourth-order valence-electron chi connectivity index (χ4n) is 2.81. The van der Waals surface area contributed by atoms with Gasteiger partial charge in [0.1, 0.15) is 23.2 Å². The number of halogens is 4. The molecule has 2 aromatic carbocycles. The zero-order valence-electron chi connectivity index (χ0n) is 16.6. The van der Waals surface area contributed by atoms with Crippen LogP contribution in [0.1, 0.15) is 10.4 Å². The highest BCUT2D eigenvalue weighted by atomic mass is 19.4. The van der Waals surface area contributed by atoms with Gasteiger partial charge < -0.3 is 15.2 Å². The van der Waals surface area contributed by atoms with Gasteiger partial charge in [-0.3, -0.25) is 9.59 Å². The Morgan fingerprint density at radius 1 is 1.19 bits per heavy atom. The second-order valence-electron chi connectivity index (χ2n) is 6.62. The number of nitrogens with one attached hydrogen (secondary N) is 1. The molecule has 2 N–H and O–H groups in total. The molecule has 0 fully saturated rings. The third-order valence-corrected chi connectivity index (χ3v) is 4.48. The van der Waals surface area contributed by atoms with Crippen LogP contribution in [-0.2, 0) is 0 Å². The number of aromatic nitrogens is 2. The Bertz CT molecular complexity index is 1180. The Morgan fingerprint density at radius 3 is 2.44 bits per heavy atom. The number of ether oxygens (including phenoxy) is 1. The van der Waals surface area contributed by atoms with Crippen molar-refractivity contribution >= 4 is 5.91 Å². The number of nitrogens with zero attached hydrogens (tertiary/aromatic N) is 2. The molecule has 0 bridgehead atoms. The average molecular weight is 451 g/mol. The minimum atomic E-state index is -4.93. The van der Waals surface area contributed by atoms with Gasteiger partial charge in [-0.25, -0.2) is 4.39 Å². The van der Waals surface area contributed by atoms with Crippen molar-refractivity contribution in [2.45, 2.75) is 12.2 Å². The fraction of sp³-hybridized carbons (Fsp3) is 0.190. The molecule has 1 atom stereocenters. The van der Waals surface area contributed by atoms with E-state index in [-0.39, 0.29) is 11.4 Å². The Kier molecular flexibility index (Phi) is 6.58. The number of carbonyl (C=O) groups is 1. The lowest BCUT2D eigenvalue weighted by atomic mass is 10.1. The number of benzene rings is 2. The van der Waals surface area contributed by atoms with Gasteiger partial charge in [-0.05, 0) is 48.5 Å². The summed E-state index contributed by atoms with van der Waals surface area (Å²) in [4.78, 5) is 25.4. The minimum Gasteiger partial charge on any atom is -0.497 e. The number of methoxy groups -OCH3 is 1. The molecule has 0 saturated heterocycles. The van der Waals surface area contributed by atoms with Gasteiger partial charge in [0.2, 0.25) is 0 Å². The number of amides is 1. The lowest BCUT2D eigenvalue weighted by Crippen LogP contribution is -2.49. The molecule has 1 amide bonds.